The summed E-state index contributed by atoms with van der Waals surface area (Å²) in [5.74, 6) is -0.979. The Morgan fingerprint density at radius 2 is 1.82 bits per heavy atom. The second-order valence-electron chi connectivity index (χ2n) is 5.56. The van der Waals surface area contributed by atoms with Gasteiger partial charge in [-0.05, 0) is 49.6 Å². The summed E-state index contributed by atoms with van der Waals surface area (Å²) in [7, 11) is 0. The Hall–Kier alpha value is -1.69. The Labute approximate surface area is 134 Å². The number of benzene rings is 1. The molecule has 1 fully saturated rings. The molecule has 0 aromatic heterocycles. The van der Waals surface area contributed by atoms with Crippen molar-refractivity contribution in [1.29, 1.82) is 0 Å². The van der Waals surface area contributed by atoms with Crippen molar-refractivity contribution in [2.75, 3.05) is 6.26 Å². The second kappa shape index (κ2) is 8.08. The van der Waals surface area contributed by atoms with Gasteiger partial charge in [-0.2, -0.15) is 0 Å². The lowest BCUT2D eigenvalue weighted by atomic mass is 9.86. The monoisotopic (exact) mass is 322 g/mol. The summed E-state index contributed by atoms with van der Waals surface area (Å²) in [6.07, 6.45) is 4.76. The number of amides is 2. The van der Waals surface area contributed by atoms with Crippen LogP contribution in [0.3, 0.4) is 0 Å². The van der Waals surface area contributed by atoms with Crippen molar-refractivity contribution in [2.45, 2.75) is 43.2 Å². The van der Waals surface area contributed by atoms with Crippen LogP contribution in [-0.4, -0.2) is 29.4 Å². The number of nitrogens with one attached hydrogen (secondary N) is 2. The van der Waals surface area contributed by atoms with Gasteiger partial charge in [-0.25, -0.2) is 4.79 Å². The smallest absolute Gasteiger partial charge is 0.315 e. The number of hydrogen-bond acceptors (Lipinski definition) is 3. The highest BCUT2D eigenvalue weighted by Crippen LogP contribution is 2.24. The lowest BCUT2D eigenvalue weighted by Gasteiger charge is -2.26. The standard InChI is InChI=1S/C16H22N2O3S/c1-22-14-8-2-11(3-9-14)10-17-16(21)18-13-6-4-12(5-7-13)15(19)20/h2-3,8-9,12-13H,4-7,10H2,1H3,(H,19,20)(H2,17,18,21). The Bertz CT molecular complexity index is 511. The second-order valence-corrected chi connectivity index (χ2v) is 6.44. The van der Waals surface area contributed by atoms with E-state index in [-0.39, 0.29) is 18.0 Å². The molecule has 0 radical (unpaired) electrons. The first kappa shape index (κ1) is 16.7. The molecule has 1 aliphatic carbocycles. The summed E-state index contributed by atoms with van der Waals surface area (Å²) in [6.45, 7) is 0.491. The Balaban J connectivity index is 1.70. The van der Waals surface area contributed by atoms with E-state index in [4.69, 9.17) is 5.11 Å². The van der Waals surface area contributed by atoms with Gasteiger partial charge >= 0.3 is 12.0 Å². The molecule has 1 aliphatic rings. The molecule has 2 amide bonds. The lowest BCUT2D eigenvalue weighted by molar-refractivity contribution is -0.142. The minimum atomic E-state index is -0.725. The van der Waals surface area contributed by atoms with E-state index < -0.39 is 5.97 Å². The maximum Gasteiger partial charge on any atom is 0.315 e. The van der Waals surface area contributed by atoms with Crippen molar-refractivity contribution in [3.63, 3.8) is 0 Å². The average molecular weight is 322 g/mol. The number of hydrogen-bond donors (Lipinski definition) is 3. The third-order valence-corrected chi connectivity index (χ3v) is 4.77. The minimum absolute atomic E-state index is 0.0782. The van der Waals surface area contributed by atoms with E-state index in [2.05, 4.69) is 10.6 Å². The fourth-order valence-electron chi connectivity index (χ4n) is 2.65. The number of carbonyl (C=O) groups excluding carboxylic acids is 1. The molecular formula is C16H22N2O3S. The summed E-state index contributed by atoms with van der Waals surface area (Å²) < 4.78 is 0. The van der Waals surface area contributed by atoms with Gasteiger partial charge in [0.15, 0.2) is 0 Å². The Kier molecular flexibility index (Phi) is 6.12. The largest absolute Gasteiger partial charge is 0.481 e. The number of carbonyl (C=O) groups is 2. The van der Waals surface area contributed by atoms with Crippen molar-refractivity contribution in [2.24, 2.45) is 5.92 Å². The van der Waals surface area contributed by atoms with E-state index in [9.17, 15) is 9.59 Å². The van der Waals surface area contributed by atoms with Crippen molar-refractivity contribution in [3.8, 4) is 0 Å². The van der Waals surface area contributed by atoms with E-state index in [1.807, 2.05) is 30.5 Å². The Morgan fingerprint density at radius 3 is 2.36 bits per heavy atom. The average Bonchev–Trinajstić information content (AvgIpc) is 2.54. The van der Waals surface area contributed by atoms with Gasteiger partial charge in [0.1, 0.15) is 0 Å². The van der Waals surface area contributed by atoms with Crippen LogP contribution in [0.15, 0.2) is 29.2 Å². The van der Waals surface area contributed by atoms with Gasteiger partial charge < -0.3 is 15.7 Å². The molecule has 2 rings (SSSR count). The number of aliphatic carboxylic acids is 1. The number of urea groups is 1. The predicted molar refractivity (Wildman–Crippen MR) is 87.0 cm³/mol. The molecule has 0 saturated heterocycles. The number of thioether (sulfide) groups is 1. The van der Waals surface area contributed by atoms with Crippen molar-refractivity contribution < 1.29 is 14.7 Å². The first-order chi connectivity index (χ1) is 10.6. The highest BCUT2D eigenvalue weighted by atomic mass is 32.2. The number of rotatable bonds is 5. The van der Waals surface area contributed by atoms with Gasteiger partial charge in [-0.15, -0.1) is 11.8 Å². The zero-order valence-electron chi connectivity index (χ0n) is 12.7. The SMILES string of the molecule is CSc1ccc(CNC(=O)NC2CCC(C(=O)O)CC2)cc1. The quantitative estimate of drug-likeness (QED) is 0.728. The summed E-state index contributed by atoms with van der Waals surface area (Å²) in [5.41, 5.74) is 1.06. The van der Waals surface area contributed by atoms with Crippen LogP contribution in [0.5, 0.6) is 0 Å². The van der Waals surface area contributed by atoms with E-state index in [1.54, 1.807) is 11.8 Å². The number of carboxylic acids is 1. The number of carboxylic acid groups (broad SMARTS) is 1. The van der Waals surface area contributed by atoms with Crippen LogP contribution in [0.25, 0.3) is 0 Å². The molecule has 1 aromatic rings. The maximum absolute atomic E-state index is 11.9. The molecule has 22 heavy (non-hydrogen) atoms. The van der Waals surface area contributed by atoms with Crippen LogP contribution in [-0.2, 0) is 11.3 Å². The van der Waals surface area contributed by atoms with Crippen LogP contribution >= 0.6 is 11.8 Å². The summed E-state index contributed by atoms with van der Waals surface area (Å²) in [5, 5.41) is 14.7. The van der Waals surface area contributed by atoms with Crippen molar-refractivity contribution in [3.05, 3.63) is 29.8 Å². The molecule has 0 unspecified atom stereocenters. The Morgan fingerprint density at radius 1 is 1.18 bits per heavy atom. The third-order valence-electron chi connectivity index (χ3n) is 4.02. The fraction of sp³-hybridized carbons (Fsp3) is 0.500. The normalized spacial score (nSPS) is 21.1. The molecule has 0 aliphatic heterocycles. The van der Waals surface area contributed by atoms with Crippen LogP contribution in [0.2, 0.25) is 0 Å². The first-order valence-electron chi connectivity index (χ1n) is 7.48. The molecule has 0 spiro atoms. The molecular weight excluding hydrogens is 300 g/mol. The molecule has 1 saturated carbocycles. The minimum Gasteiger partial charge on any atom is -0.481 e. The maximum atomic E-state index is 11.9. The lowest BCUT2D eigenvalue weighted by Crippen LogP contribution is -2.43. The highest BCUT2D eigenvalue weighted by molar-refractivity contribution is 7.98. The molecule has 6 heteroatoms. The molecule has 0 atom stereocenters. The fourth-order valence-corrected chi connectivity index (χ4v) is 3.06. The molecule has 120 valence electrons. The van der Waals surface area contributed by atoms with Gasteiger partial charge in [-0.1, -0.05) is 12.1 Å². The molecule has 1 aromatic carbocycles. The van der Waals surface area contributed by atoms with Crippen LogP contribution in [0, 0.1) is 5.92 Å². The molecule has 3 N–H and O–H groups in total. The van der Waals surface area contributed by atoms with Gasteiger partial charge in [0, 0.05) is 17.5 Å². The van der Waals surface area contributed by atoms with E-state index in [0.717, 1.165) is 18.4 Å². The van der Waals surface area contributed by atoms with E-state index in [0.29, 0.717) is 19.4 Å². The highest BCUT2D eigenvalue weighted by Gasteiger charge is 2.26. The van der Waals surface area contributed by atoms with Gasteiger partial charge in [-0.3, -0.25) is 4.79 Å². The third kappa shape index (κ3) is 4.94. The van der Waals surface area contributed by atoms with Crippen LogP contribution in [0.1, 0.15) is 31.2 Å². The van der Waals surface area contributed by atoms with Crippen LogP contribution in [0.4, 0.5) is 4.79 Å². The van der Waals surface area contributed by atoms with E-state index in [1.165, 1.54) is 4.90 Å². The zero-order valence-corrected chi connectivity index (χ0v) is 13.5. The van der Waals surface area contributed by atoms with Crippen LogP contribution < -0.4 is 10.6 Å². The van der Waals surface area contributed by atoms with Gasteiger partial charge in [0.05, 0.1) is 5.92 Å². The van der Waals surface area contributed by atoms with Crippen molar-refractivity contribution in [1.82, 2.24) is 10.6 Å². The molecule has 5 nitrogen and oxygen atoms in total. The zero-order chi connectivity index (χ0) is 15.9. The first-order valence-corrected chi connectivity index (χ1v) is 8.71. The van der Waals surface area contributed by atoms with Gasteiger partial charge in [0.2, 0.25) is 0 Å². The van der Waals surface area contributed by atoms with E-state index >= 15 is 0 Å². The predicted octanol–water partition coefficient (Wildman–Crippen LogP) is 2.85. The van der Waals surface area contributed by atoms with Crippen molar-refractivity contribution >= 4 is 23.8 Å². The summed E-state index contributed by atoms with van der Waals surface area (Å²) in [6, 6.07) is 7.97. The molecule has 0 bridgehead atoms. The summed E-state index contributed by atoms with van der Waals surface area (Å²) >= 11 is 1.69. The van der Waals surface area contributed by atoms with Gasteiger partial charge in [0.25, 0.3) is 0 Å². The molecule has 0 heterocycles. The summed E-state index contributed by atoms with van der Waals surface area (Å²) in [4.78, 5) is 24.0. The topological polar surface area (TPSA) is 78.4 Å².